The molecule has 5 heteroatoms. The Balaban J connectivity index is 1.91. The van der Waals surface area contributed by atoms with Crippen LogP contribution in [0.2, 0.25) is 0 Å². The van der Waals surface area contributed by atoms with Crippen molar-refractivity contribution in [3.63, 3.8) is 0 Å². The molecule has 1 aromatic heterocycles. The SMILES string of the molecule is Cc1ccc(F)c(-c2nc(C3(N)CCC(C)CC3)no2)c1. The van der Waals surface area contributed by atoms with Crippen LogP contribution in [0.15, 0.2) is 22.7 Å². The monoisotopic (exact) mass is 289 g/mol. The summed E-state index contributed by atoms with van der Waals surface area (Å²) in [5.41, 5.74) is 7.16. The topological polar surface area (TPSA) is 64.9 Å². The minimum Gasteiger partial charge on any atom is -0.334 e. The molecule has 1 fully saturated rings. The van der Waals surface area contributed by atoms with Crippen LogP contribution >= 0.6 is 0 Å². The van der Waals surface area contributed by atoms with E-state index in [9.17, 15) is 4.39 Å². The Bertz CT molecular complexity index is 645. The predicted octanol–water partition coefficient (Wildman–Crippen LogP) is 3.55. The quantitative estimate of drug-likeness (QED) is 0.918. The first-order chi connectivity index (χ1) is 9.98. The Morgan fingerprint density at radius 3 is 2.76 bits per heavy atom. The van der Waals surface area contributed by atoms with E-state index in [1.165, 1.54) is 6.07 Å². The highest BCUT2D eigenvalue weighted by Crippen LogP contribution is 2.36. The maximum atomic E-state index is 13.9. The molecule has 0 unspecified atom stereocenters. The molecule has 2 aromatic rings. The fraction of sp³-hybridized carbons (Fsp3) is 0.500. The molecular formula is C16H20FN3O. The molecule has 1 aliphatic rings. The van der Waals surface area contributed by atoms with Crippen LogP contribution in [0.3, 0.4) is 0 Å². The second-order valence-electron chi connectivity index (χ2n) is 6.25. The van der Waals surface area contributed by atoms with E-state index in [2.05, 4.69) is 17.1 Å². The molecule has 21 heavy (non-hydrogen) atoms. The number of nitrogens with two attached hydrogens (primary N) is 1. The lowest BCUT2D eigenvalue weighted by Crippen LogP contribution is -2.41. The number of halogens is 1. The number of hydrogen-bond acceptors (Lipinski definition) is 4. The first-order valence-electron chi connectivity index (χ1n) is 7.37. The average Bonchev–Trinajstić information content (AvgIpc) is 2.95. The molecule has 0 radical (unpaired) electrons. The smallest absolute Gasteiger partial charge is 0.260 e. The van der Waals surface area contributed by atoms with Crippen molar-refractivity contribution in [1.82, 2.24) is 10.1 Å². The van der Waals surface area contributed by atoms with Gasteiger partial charge in [-0.15, -0.1) is 0 Å². The van der Waals surface area contributed by atoms with Gasteiger partial charge < -0.3 is 10.3 Å². The highest BCUT2D eigenvalue weighted by atomic mass is 19.1. The number of rotatable bonds is 2. The highest BCUT2D eigenvalue weighted by molar-refractivity contribution is 5.55. The summed E-state index contributed by atoms with van der Waals surface area (Å²) in [6.45, 7) is 4.12. The summed E-state index contributed by atoms with van der Waals surface area (Å²) in [7, 11) is 0. The maximum absolute atomic E-state index is 13.9. The summed E-state index contributed by atoms with van der Waals surface area (Å²) in [6, 6.07) is 4.83. The van der Waals surface area contributed by atoms with Crippen LogP contribution in [-0.2, 0) is 5.54 Å². The molecule has 1 heterocycles. The predicted molar refractivity (Wildman–Crippen MR) is 77.9 cm³/mol. The lowest BCUT2D eigenvalue weighted by Gasteiger charge is -2.33. The molecule has 0 bridgehead atoms. The van der Waals surface area contributed by atoms with E-state index in [1.807, 2.05) is 6.92 Å². The minimum absolute atomic E-state index is 0.203. The second-order valence-corrected chi connectivity index (χ2v) is 6.25. The van der Waals surface area contributed by atoms with Crippen molar-refractivity contribution in [3.8, 4) is 11.5 Å². The van der Waals surface area contributed by atoms with Crippen LogP contribution in [0.25, 0.3) is 11.5 Å². The van der Waals surface area contributed by atoms with Crippen molar-refractivity contribution in [2.24, 2.45) is 11.7 Å². The van der Waals surface area contributed by atoms with Crippen LogP contribution < -0.4 is 5.73 Å². The van der Waals surface area contributed by atoms with Gasteiger partial charge in [0, 0.05) is 0 Å². The molecule has 0 spiro atoms. The summed E-state index contributed by atoms with van der Waals surface area (Å²) in [4.78, 5) is 4.36. The molecule has 2 N–H and O–H groups in total. The number of aromatic nitrogens is 2. The van der Waals surface area contributed by atoms with Crippen LogP contribution in [0.4, 0.5) is 4.39 Å². The van der Waals surface area contributed by atoms with E-state index >= 15 is 0 Å². The van der Waals surface area contributed by atoms with Crippen molar-refractivity contribution in [3.05, 3.63) is 35.4 Å². The lowest BCUT2D eigenvalue weighted by atomic mass is 9.77. The third-order valence-electron chi connectivity index (χ3n) is 4.39. The summed E-state index contributed by atoms with van der Waals surface area (Å²) in [5, 5.41) is 4.01. The number of benzene rings is 1. The van der Waals surface area contributed by atoms with Gasteiger partial charge in [-0.3, -0.25) is 0 Å². The Morgan fingerprint density at radius 1 is 1.33 bits per heavy atom. The molecule has 112 valence electrons. The third-order valence-corrected chi connectivity index (χ3v) is 4.39. The fourth-order valence-corrected chi connectivity index (χ4v) is 2.84. The van der Waals surface area contributed by atoms with Gasteiger partial charge in [-0.25, -0.2) is 4.39 Å². The van der Waals surface area contributed by atoms with Crippen molar-refractivity contribution in [2.75, 3.05) is 0 Å². The van der Waals surface area contributed by atoms with E-state index in [0.29, 0.717) is 17.3 Å². The van der Waals surface area contributed by atoms with Crippen LogP contribution in [0, 0.1) is 18.7 Å². The van der Waals surface area contributed by atoms with Crippen LogP contribution in [0.1, 0.15) is 44.0 Å². The van der Waals surface area contributed by atoms with Gasteiger partial charge in [-0.2, -0.15) is 4.98 Å². The molecule has 3 rings (SSSR count). The van der Waals surface area contributed by atoms with Crippen molar-refractivity contribution < 1.29 is 8.91 Å². The second kappa shape index (κ2) is 5.22. The Morgan fingerprint density at radius 2 is 2.05 bits per heavy atom. The van der Waals surface area contributed by atoms with Crippen molar-refractivity contribution in [1.29, 1.82) is 0 Å². The molecule has 1 aliphatic carbocycles. The van der Waals surface area contributed by atoms with Crippen LogP contribution in [0.5, 0.6) is 0 Å². The summed E-state index contributed by atoms with van der Waals surface area (Å²) in [6.07, 6.45) is 3.78. The number of hydrogen-bond donors (Lipinski definition) is 1. The Labute approximate surface area is 123 Å². The fourth-order valence-electron chi connectivity index (χ4n) is 2.84. The first kappa shape index (κ1) is 14.2. The number of aryl methyl sites for hydroxylation is 1. The van der Waals surface area contributed by atoms with E-state index in [4.69, 9.17) is 10.3 Å². The van der Waals surface area contributed by atoms with Crippen molar-refractivity contribution in [2.45, 2.75) is 45.1 Å². The van der Waals surface area contributed by atoms with Gasteiger partial charge in [0.25, 0.3) is 5.89 Å². The third kappa shape index (κ3) is 2.70. The Kier molecular flexibility index (Phi) is 3.53. The van der Waals surface area contributed by atoms with E-state index in [0.717, 1.165) is 31.2 Å². The van der Waals surface area contributed by atoms with Gasteiger partial charge in [0.05, 0.1) is 11.1 Å². The summed E-state index contributed by atoms with van der Waals surface area (Å²) >= 11 is 0. The van der Waals surface area contributed by atoms with Gasteiger partial charge >= 0.3 is 0 Å². The van der Waals surface area contributed by atoms with Gasteiger partial charge in [0.15, 0.2) is 5.82 Å². The molecule has 1 saturated carbocycles. The minimum atomic E-state index is -0.547. The zero-order chi connectivity index (χ0) is 15.0. The standard InChI is InChI=1S/C16H20FN3O/c1-10-5-7-16(18,8-6-10)15-19-14(21-20-15)12-9-11(2)3-4-13(12)17/h3-4,9-10H,5-8,18H2,1-2H3. The molecular weight excluding hydrogens is 269 g/mol. The van der Waals surface area contributed by atoms with Gasteiger partial charge in [-0.05, 0) is 50.7 Å². The van der Waals surface area contributed by atoms with Gasteiger partial charge in [-0.1, -0.05) is 23.7 Å². The number of nitrogens with zero attached hydrogens (tertiary/aromatic N) is 2. The molecule has 4 nitrogen and oxygen atoms in total. The molecule has 0 amide bonds. The average molecular weight is 289 g/mol. The zero-order valence-electron chi connectivity index (χ0n) is 12.4. The zero-order valence-corrected chi connectivity index (χ0v) is 12.4. The first-order valence-corrected chi connectivity index (χ1v) is 7.37. The highest BCUT2D eigenvalue weighted by Gasteiger charge is 2.36. The summed E-state index contributed by atoms with van der Waals surface area (Å²) in [5.74, 6) is 1.02. The summed E-state index contributed by atoms with van der Waals surface area (Å²) < 4.78 is 19.1. The molecule has 0 saturated heterocycles. The van der Waals surface area contributed by atoms with E-state index in [1.54, 1.807) is 12.1 Å². The maximum Gasteiger partial charge on any atom is 0.260 e. The largest absolute Gasteiger partial charge is 0.334 e. The molecule has 0 atom stereocenters. The van der Waals surface area contributed by atoms with E-state index < -0.39 is 5.54 Å². The van der Waals surface area contributed by atoms with Crippen molar-refractivity contribution >= 4 is 0 Å². The lowest BCUT2D eigenvalue weighted by molar-refractivity contribution is 0.230. The van der Waals surface area contributed by atoms with Gasteiger partial charge in [0.1, 0.15) is 5.82 Å². The molecule has 1 aromatic carbocycles. The normalized spacial score (nSPS) is 26.0. The molecule has 0 aliphatic heterocycles. The van der Waals surface area contributed by atoms with Crippen LogP contribution in [-0.4, -0.2) is 10.1 Å². The Hall–Kier alpha value is -1.75. The van der Waals surface area contributed by atoms with E-state index in [-0.39, 0.29) is 11.7 Å². The van der Waals surface area contributed by atoms with Gasteiger partial charge in [0.2, 0.25) is 0 Å².